The molecule has 0 radical (unpaired) electrons. The minimum atomic E-state index is -0.670. The highest BCUT2D eigenvalue weighted by Crippen LogP contribution is 2.58. The van der Waals surface area contributed by atoms with Crippen molar-refractivity contribution in [3.8, 4) is 0 Å². The summed E-state index contributed by atoms with van der Waals surface area (Å²) in [5.41, 5.74) is 3.84. The van der Waals surface area contributed by atoms with Crippen LogP contribution in [-0.4, -0.2) is 33.9 Å². The highest BCUT2D eigenvalue weighted by atomic mass is 16.5. The summed E-state index contributed by atoms with van der Waals surface area (Å²) in [6.45, 7) is 23.7. The molecule has 3 fully saturated rings. The van der Waals surface area contributed by atoms with Crippen molar-refractivity contribution < 1.29 is 24.5 Å². The third-order valence-electron chi connectivity index (χ3n) is 15.0. The lowest BCUT2D eigenvalue weighted by Gasteiger charge is -2.42. The molecule has 0 saturated heterocycles. The number of aliphatic hydroxyl groups is 1. The van der Waals surface area contributed by atoms with Crippen LogP contribution in [0.25, 0.3) is 0 Å². The van der Waals surface area contributed by atoms with E-state index in [1.807, 2.05) is 27.7 Å². The summed E-state index contributed by atoms with van der Waals surface area (Å²) < 4.78 is 5.99. The van der Waals surface area contributed by atoms with Crippen LogP contribution in [0.5, 0.6) is 0 Å². The molecule has 3 aliphatic carbocycles. The van der Waals surface area contributed by atoms with Crippen LogP contribution in [0, 0.1) is 17.3 Å². The summed E-state index contributed by atoms with van der Waals surface area (Å²) >= 11 is 0. The Kier molecular flexibility index (Phi) is 42.8. The highest BCUT2D eigenvalue weighted by molar-refractivity contribution is 5.70. The highest BCUT2D eigenvalue weighted by Gasteiger charge is 2.48. The Labute approximate surface area is 429 Å². The third-order valence-corrected chi connectivity index (χ3v) is 15.0. The number of allylic oxidation sites excluding steroid dienone is 7. The molecule has 0 amide bonds. The SMILES string of the molecule is C=C1/C(=C\C=C2/CCCC3(C)C(CCCCC(C)(C)O)CCC23)CCCC1OC(=O)CCCCCCC/C=C\CCCCCCCC.CC.CC/C=C\CCCCCCCC(=O)O.CCCCCC. The van der Waals surface area contributed by atoms with Crippen molar-refractivity contribution >= 4 is 11.9 Å². The zero-order valence-corrected chi connectivity index (χ0v) is 47.4. The standard InChI is InChI=1S/C44H74O3.C12H22O2.C6H14.C2H6/c1-6-7-8-9-10-11-12-13-14-15-16-17-18-19-20-29-42(45)47-41-28-23-25-37(36(41)2)30-31-38-26-24-35-44(5)39(32-33-40(38)44)27-21-22-34-43(3,4)46;1-2-3-4-5-6-7-8-9-10-11-12(13)14;1-3-5-6-4-2;1-2/h13-14,30-31,39-41,46H,2,6-12,15-29,32-35H2,1,3-5H3;3-4H,2,5-11H2,1H3,(H,13,14);3-6H2,1-2H3;1-2H3/b14-13-,37-30-,38-31+;4-3-;;. The van der Waals surface area contributed by atoms with Gasteiger partial charge in [0.15, 0.2) is 0 Å². The van der Waals surface area contributed by atoms with Gasteiger partial charge in [0, 0.05) is 12.8 Å². The number of fused-ring (bicyclic) bond motifs is 1. The number of aliphatic carboxylic acids is 1. The summed E-state index contributed by atoms with van der Waals surface area (Å²) in [7, 11) is 0. The molecule has 3 saturated carbocycles. The summed E-state index contributed by atoms with van der Waals surface area (Å²) in [4.78, 5) is 22.9. The fraction of sp³-hybridized carbons (Fsp3) is 0.812. The minimum Gasteiger partial charge on any atom is -0.481 e. The summed E-state index contributed by atoms with van der Waals surface area (Å²) in [6, 6.07) is 0. The minimum absolute atomic E-state index is 0.0454. The van der Waals surface area contributed by atoms with E-state index < -0.39 is 11.6 Å². The molecule has 402 valence electrons. The number of hydrogen-bond acceptors (Lipinski definition) is 4. The largest absolute Gasteiger partial charge is 0.481 e. The average Bonchev–Trinajstić information content (AvgIpc) is 3.67. The van der Waals surface area contributed by atoms with E-state index in [0.29, 0.717) is 24.2 Å². The number of rotatable bonds is 34. The van der Waals surface area contributed by atoms with E-state index in [2.05, 4.69) is 77.7 Å². The lowest BCUT2D eigenvalue weighted by Crippen LogP contribution is -2.33. The first-order valence-electron chi connectivity index (χ1n) is 29.8. The molecule has 0 spiro atoms. The number of hydrogen-bond donors (Lipinski definition) is 2. The van der Waals surface area contributed by atoms with E-state index in [9.17, 15) is 14.7 Å². The second-order valence-electron chi connectivity index (χ2n) is 21.7. The van der Waals surface area contributed by atoms with Crippen molar-refractivity contribution in [2.24, 2.45) is 17.3 Å². The summed E-state index contributed by atoms with van der Waals surface area (Å²) in [5, 5.41) is 18.5. The first kappa shape index (κ1) is 66.6. The van der Waals surface area contributed by atoms with Crippen molar-refractivity contribution in [2.45, 2.75) is 318 Å². The molecule has 4 atom stereocenters. The molecule has 4 unspecified atom stereocenters. The van der Waals surface area contributed by atoms with Crippen LogP contribution in [0.4, 0.5) is 0 Å². The zero-order chi connectivity index (χ0) is 51.4. The number of carbonyl (C=O) groups excluding carboxylic acids is 1. The van der Waals surface area contributed by atoms with Crippen LogP contribution < -0.4 is 0 Å². The normalized spacial score (nSPS) is 21.4. The molecule has 0 aromatic rings. The Morgan fingerprint density at radius 1 is 0.652 bits per heavy atom. The molecule has 0 bridgehead atoms. The van der Waals surface area contributed by atoms with Crippen LogP contribution >= 0.6 is 0 Å². The number of ether oxygens (including phenoxy) is 1. The van der Waals surface area contributed by atoms with Gasteiger partial charge in [0.2, 0.25) is 0 Å². The van der Waals surface area contributed by atoms with Gasteiger partial charge in [-0.1, -0.05) is 206 Å². The zero-order valence-electron chi connectivity index (χ0n) is 47.4. The van der Waals surface area contributed by atoms with Crippen LogP contribution in [0.3, 0.4) is 0 Å². The van der Waals surface area contributed by atoms with Gasteiger partial charge in [0.25, 0.3) is 0 Å². The molecule has 2 N–H and O–H groups in total. The topological polar surface area (TPSA) is 83.8 Å². The van der Waals surface area contributed by atoms with Crippen molar-refractivity contribution in [3.05, 3.63) is 59.8 Å². The van der Waals surface area contributed by atoms with E-state index in [1.165, 1.54) is 173 Å². The molecule has 5 heteroatoms. The van der Waals surface area contributed by atoms with E-state index in [1.54, 1.807) is 5.57 Å². The molecular weight excluding hydrogens is 849 g/mol. The number of carboxylic acid groups (broad SMARTS) is 1. The molecule has 69 heavy (non-hydrogen) atoms. The smallest absolute Gasteiger partial charge is 0.306 e. The maximum Gasteiger partial charge on any atom is 0.306 e. The van der Waals surface area contributed by atoms with Gasteiger partial charge in [-0.05, 0) is 164 Å². The van der Waals surface area contributed by atoms with Gasteiger partial charge in [0.05, 0.1) is 5.60 Å². The molecule has 0 aromatic carbocycles. The quantitative estimate of drug-likeness (QED) is 0.0381. The fourth-order valence-corrected chi connectivity index (χ4v) is 10.7. The lowest BCUT2D eigenvalue weighted by molar-refractivity contribution is -0.148. The van der Waals surface area contributed by atoms with Crippen LogP contribution in [0.15, 0.2) is 59.8 Å². The number of esters is 1. The predicted octanol–water partition coefficient (Wildman–Crippen LogP) is 20.5. The monoisotopic (exact) mass is 965 g/mol. The third kappa shape index (κ3) is 34.6. The molecule has 5 nitrogen and oxygen atoms in total. The van der Waals surface area contributed by atoms with E-state index in [4.69, 9.17) is 9.84 Å². The molecule has 0 aliphatic heterocycles. The van der Waals surface area contributed by atoms with Gasteiger partial charge < -0.3 is 14.9 Å². The average molecular weight is 966 g/mol. The molecule has 3 aliphatic rings. The van der Waals surface area contributed by atoms with Crippen LogP contribution in [-0.2, 0) is 14.3 Å². The first-order chi connectivity index (χ1) is 33.3. The second kappa shape index (κ2) is 44.3. The van der Waals surface area contributed by atoms with Gasteiger partial charge in [-0.15, -0.1) is 0 Å². The van der Waals surface area contributed by atoms with E-state index >= 15 is 0 Å². The van der Waals surface area contributed by atoms with Crippen LogP contribution in [0.1, 0.15) is 306 Å². The Hall–Kier alpha value is -2.40. The van der Waals surface area contributed by atoms with E-state index in [0.717, 1.165) is 75.7 Å². The van der Waals surface area contributed by atoms with Gasteiger partial charge in [-0.25, -0.2) is 0 Å². The van der Waals surface area contributed by atoms with Crippen molar-refractivity contribution in [1.82, 2.24) is 0 Å². The molecule has 0 heterocycles. The van der Waals surface area contributed by atoms with Gasteiger partial charge in [-0.3, -0.25) is 9.59 Å². The second-order valence-corrected chi connectivity index (χ2v) is 21.7. The molecule has 0 aromatic heterocycles. The summed E-state index contributed by atoms with van der Waals surface area (Å²) in [6.07, 6.45) is 58.6. The number of carboxylic acids is 1. The van der Waals surface area contributed by atoms with Gasteiger partial charge >= 0.3 is 11.9 Å². The van der Waals surface area contributed by atoms with Gasteiger partial charge in [-0.2, -0.15) is 0 Å². The maximum atomic E-state index is 12.7. The Balaban J connectivity index is 0.00000174. The first-order valence-corrected chi connectivity index (χ1v) is 29.8. The number of carbonyl (C=O) groups is 2. The lowest BCUT2D eigenvalue weighted by atomic mass is 9.62. The number of unbranched alkanes of at least 4 members (excludes halogenated alkanes) is 20. The Morgan fingerprint density at radius 3 is 1.72 bits per heavy atom. The molecular formula is C64H116O5. The predicted molar refractivity (Wildman–Crippen MR) is 302 cm³/mol. The van der Waals surface area contributed by atoms with E-state index in [-0.39, 0.29) is 12.1 Å². The fourth-order valence-electron chi connectivity index (χ4n) is 10.7. The Morgan fingerprint density at radius 2 is 1.17 bits per heavy atom. The Bertz CT molecular complexity index is 1370. The van der Waals surface area contributed by atoms with Crippen molar-refractivity contribution in [1.29, 1.82) is 0 Å². The van der Waals surface area contributed by atoms with Gasteiger partial charge in [0.1, 0.15) is 6.10 Å². The molecule has 3 rings (SSSR count). The summed E-state index contributed by atoms with van der Waals surface area (Å²) in [5.74, 6) is 0.789. The van der Waals surface area contributed by atoms with Crippen molar-refractivity contribution in [3.63, 3.8) is 0 Å². The van der Waals surface area contributed by atoms with Crippen molar-refractivity contribution in [2.75, 3.05) is 0 Å². The van der Waals surface area contributed by atoms with Crippen LogP contribution in [0.2, 0.25) is 0 Å². The maximum absolute atomic E-state index is 12.7.